The van der Waals surface area contributed by atoms with Crippen molar-refractivity contribution in [1.29, 1.82) is 0 Å². The topological polar surface area (TPSA) is 66.4 Å². The second kappa shape index (κ2) is 6.65. The summed E-state index contributed by atoms with van der Waals surface area (Å²) >= 11 is 2.98. The van der Waals surface area contributed by atoms with Gasteiger partial charge in [0.15, 0.2) is 0 Å². The van der Waals surface area contributed by atoms with E-state index in [1.165, 1.54) is 12.1 Å². The quantitative estimate of drug-likeness (QED) is 0.871. The van der Waals surface area contributed by atoms with Gasteiger partial charge in [-0.05, 0) is 46.5 Å². The van der Waals surface area contributed by atoms with Crippen molar-refractivity contribution >= 4 is 27.8 Å². The third-order valence-corrected chi connectivity index (χ3v) is 3.10. The van der Waals surface area contributed by atoms with Gasteiger partial charge in [0.25, 0.3) is 5.91 Å². The molecular weight excluding hydrogens is 317 g/mol. The molecule has 1 aromatic carbocycles. The Bertz CT molecular complexity index is 491. The molecule has 0 saturated carbocycles. The van der Waals surface area contributed by atoms with Crippen molar-refractivity contribution in [3.63, 3.8) is 0 Å². The Labute approximate surface area is 119 Å². The van der Waals surface area contributed by atoms with Crippen molar-refractivity contribution in [3.05, 3.63) is 34.1 Å². The molecule has 0 aliphatic heterocycles. The Morgan fingerprint density at radius 2 is 2.05 bits per heavy atom. The number of carboxylic acids is 1. The molecule has 0 saturated heterocycles. The van der Waals surface area contributed by atoms with Gasteiger partial charge in [0.1, 0.15) is 11.9 Å². The predicted octanol–water partition coefficient (Wildman–Crippen LogP) is 2.82. The number of amides is 1. The summed E-state index contributed by atoms with van der Waals surface area (Å²) in [6, 6.07) is 2.83. The first-order valence-electron chi connectivity index (χ1n) is 5.80. The van der Waals surface area contributed by atoms with Crippen molar-refractivity contribution in [2.24, 2.45) is 5.92 Å². The standard InChI is InChI=1S/C13H15BrFNO3/c1-7(2)5-11(13(18)19)16-12(17)8-3-4-10(15)9(14)6-8/h3-4,6-7,11H,5H2,1-2H3,(H,16,17)(H,18,19)/t11-/m0/s1. The molecular formula is C13H15BrFNO3. The van der Waals surface area contributed by atoms with Crippen molar-refractivity contribution in [1.82, 2.24) is 5.32 Å². The highest BCUT2D eigenvalue weighted by molar-refractivity contribution is 9.10. The lowest BCUT2D eigenvalue weighted by molar-refractivity contribution is -0.139. The number of nitrogens with one attached hydrogen (secondary N) is 1. The Morgan fingerprint density at radius 3 is 2.53 bits per heavy atom. The molecule has 0 heterocycles. The minimum absolute atomic E-state index is 0.140. The largest absolute Gasteiger partial charge is 0.480 e. The number of aliphatic carboxylic acids is 1. The molecule has 6 heteroatoms. The lowest BCUT2D eigenvalue weighted by Gasteiger charge is -2.16. The molecule has 1 amide bonds. The smallest absolute Gasteiger partial charge is 0.326 e. The average Bonchev–Trinajstić information content (AvgIpc) is 2.31. The van der Waals surface area contributed by atoms with E-state index < -0.39 is 23.7 Å². The molecule has 104 valence electrons. The lowest BCUT2D eigenvalue weighted by Crippen LogP contribution is -2.41. The summed E-state index contributed by atoms with van der Waals surface area (Å²) in [5, 5.41) is 11.5. The van der Waals surface area contributed by atoms with Crippen LogP contribution in [0, 0.1) is 11.7 Å². The van der Waals surface area contributed by atoms with Gasteiger partial charge in [0, 0.05) is 5.56 Å². The monoisotopic (exact) mass is 331 g/mol. The number of carbonyl (C=O) groups excluding carboxylic acids is 1. The molecule has 0 fully saturated rings. The second-order valence-corrected chi connectivity index (χ2v) is 5.48. The van der Waals surface area contributed by atoms with E-state index in [0.717, 1.165) is 6.07 Å². The Morgan fingerprint density at radius 1 is 1.42 bits per heavy atom. The second-order valence-electron chi connectivity index (χ2n) is 4.62. The van der Waals surface area contributed by atoms with Crippen LogP contribution in [0.15, 0.2) is 22.7 Å². The highest BCUT2D eigenvalue weighted by Crippen LogP contribution is 2.17. The molecule has 4 nitrogen and oxygen atoms in total. The van der Waals surface area contributed by atoms with Crippen LogP contribution in [0.5, 0.6) is 0 Å². The summed E-state index contributed by atoms with van der Waals surface area (Å²) in [7, 11) is 0. The molecule has 19 heavy (non-hydrogen) atoms. The Kier molecular flexibility index (Phi) is 5.47. The molecule has 0 aliphatic carbocycles. The fourth-order valence-electron chi connectivity index (χ4n) is 1.57. The number of halogens is 2. The van der Waals surface area contributed by atoms with Crippen molar-refractivity contribution in [3.8, 4) is 0 Å². The van der Waals surface area contributed by atoms with Gasteiger partial charge in [0.05, 0.1) is 4.47 Å². The molecule has 0 radical (unpaired) electrons. The first-order valence-corrected chi connectivity index (χ1v) is 6.59. The summed E-state index contributed by atoms with van der Waals surface area (Å²) in [4.78, 5) is 22.9. The van der Waals surface area contributed by atoms with Crippen molar-refractivity contribution < 1.29 is 19.1 Å². The van der Waals surface area contributed by atoms with Gasteiger partial charge in [-0.15, -0.1) is 0 Å². The zero-order valence-corrected chi connectivity index (χ0v) is 12.2. The van der Waals surface area contributed by atoms with E-state index in [-0.39, 0.29) is 16.0 Å². The summed E-state index contributed by atoms with van der Waals surface area (Å²) in [6.45, 7) is 3.74. The first-order chi connectivity index (χ1) is 8.81. The van der Waals surface area contributed by atoms with Gasteiger partial charge in [-0.1, -0.05) is 13.8 Å². The normalized spacial score (nSPS) is 12.3. The van der Waals surface area contributed by atoms with Crippen LogP contribution in [-0.2, 0) is 4.79 Å². The van der Waals surface area contributed by atoms with Gasteiger partial charge in [-0.3, -0.25) is 4.79 Å². The van der Waals surface area contributed by atoms with E-state index in [2.05, 4.69) is 21.2 Å². The highest BCUT2D eigenvalue weighted by Gasteiger charge is 2.21. The van der Waals surface area contributed by atoms with Crippen LogP contribution in [0.25, 0.3) is 0 Å². The van der Waals surface area contributed by atoms with E-state index in [1.807, 2.05) is 13.8 Å². The molecule has 1 atom stereocenters. The van der Waals surface area contributed by atoms with Gasteiger partial charge in [0.2, 0.25) is 0 Å². The van der Waals surface area contributed by atoms with Crippen molar-refractivity contribution in [2.75, 3.05) is 0 Å². The van der Waals surface area contributed by atoms with Crippen LogP contribution in [0.3, 0.4) is 0 Å². The van der Waals surface area contributed by atoms with E-state index in [4.69, 9.17) is 5.11 Å². The fraction of sp³-hybridized carbons (Fsp3) is 0.385. The Balaban J connectivity index is 2.81. The summed E-state index contributed by atoms with van der Waals surface area (Å²) < 4.78 is 13.2. The predicted molar refractivity (Wildman–Crippen MR) is 72.4 cm³/mol. The fourth-order valence-corrected chi connectivity index (χ4v) is 1.95. The van der Waals surface area contributed by atoms with Crippen LogP contribution in [-0.4, -0.2) is 23.0 Å². The van der Waals surface area contributed by atoms with Gasteiger partial charge >= 0.3 is 5.97 Å². The number of carboxylic acid groups (broad SMARTS) is 1. The van der Waals surface area contributed by atoms with Crippen LogP contribution in [0.1, 0.15) is 30.6 Å². The Hall–Kier alpha value is -1.43. The number of benzene rings is 1. The third-order valence-electron chi connectivity index (χ3n) is 2.49. The van der Waals surface area contributed by atoms with E-state index in [0.29, 0.717) is 6.42 Å². The summed E-state index contributed by atoms with van der Waals surface area (Å²) in [6.07, 6.45) is 0.337. The number of hydrogen-bond donors (Lipinski definition) is 2. The van der Waals surface area contributed by atoms with E-state index in [9.17, 15) is 14.0 Å². The summed E-state index contributed by atoms with van der Waals surface area (Å²) in [5.74, 6) is -1.95. The minimum Gasteiger partial charge on any atom is -0.480 e. The number of rotatable bonds is 5. The molecule has 1 rings (SSSR count). The van der Waals surface area contributed by atoms with Gasteiger partial charge < -0.3 is 10.4 Å². The van der Waals surface area contributed by atoms with E-state index in [1.54, 1.807) is 0 Å². The lowest BCUT2D eigenvalue weighted by atomic mass is 10.0. The molecule has 0 bridgehead atoms. The molecule has 0 unspecified atom stereocenters. The number of hydrogen-bond acceptors (Lipinski definition) is 2. The zero-order valence-electron chi connectivity index (χ0n) is 10.6. The zero-order chi connectivity index (χ0) is 14.6. The maximum absolute atomic E-state index is 13.1. The third kappa shape index (κ3) is 4.63. The maximum atomic E-state index is 13.1. The number of carbonyl (C=O) groups is 2. The first kappa shape index (κ1) is 15.6. The molecule has 2 N–H and O–H groups in total. The van der Waals surface area contributed by atoms with Gasteiger partial charge in [-0.2, -0.15) is 0 Å². The highest BCUT2D eigenvalue weighted by atomic mass is 79.9. The van der Waals surface area contributed by atoms with Crippen LogP contribution in [0.2, 0.25) is 0 Å². The SMILES string of the molecule is CC(C)C[C@H](NC(=O)c1ccc(F)c(Br)c1)C(=O)O. The minimum atomic E-state index is -1.08. The van der Waals surface area contributed by atoms with Crippen molar-refractivity contribution in [2.45, 2.75) is 26.3 Å². The molecule has 0 spiro atoms. The molecule has 0 aliphatic rings. The van der Waals surface area contributed by atoms with Gasteiger partial charge in [-0.25, -0.2) is 9.18 Å². The van der Waals surface area contributed by atoms with E-state index >= 15 is 0 Å². The average molecular weight is 332 g/mol. The molecule has 0 aromatic heterocycles. The van der Waals surface area contributed by atoms with Crippen LogP contribution in [0.4, 0.5) is 4.39 Å². The summed E-state index contributed by atoms with van der Waals surface area (Å²) in [5.41, 5.74) is 0.211. The van der Waals surface area contributed by atoms with Crippen LogP contribution < -0.4 is 5.32 Å². The van der Waals surface area contributed by atoms with Crippen LogP contribution >= 0.6 is 15.9 Å². The molecule has 1 aromatic rings. The maximum Gasteiger partial charge on any atom is 0.326 e.